The van der Waals surface area contributed by atoms with Crippen molar-refractivity contribution in [2.45, 2.75) is 19.9 Å². The minimum absolute atomic E-state index is 0.188. The average Bonchev–Trinajstić information content (AvgIpc) is 1.84. The number of nitrogens with zero attached hydrogens (tertiary/aromatic N) is 1. The Balaban J connectivity index is 3.32. The number of carbonyl (C=O) groups excluding carboxylic acids is 1. The molecule has 0 rings (SSSR count). The minimum Gasteiger partial charge on any atom is -0.302 e. The van der Waals surface area contributed by atoms with Gasteiger partial charge in [-0.1, -0.05) is 0 Å². The van der Waals surface area contributed by atoms with Gasteiger partial charge in [0.25, 0.3) is 0 Å². The van der Waals surface area contributed by atoms with Gasteiger partial charge in [0.2, 0.25) is 0 Å². The first-order chi connectivity index (χ1) is 5.52. The van der Waals surface area contributed by atoms with Crippen molar-refractivity contribution < 1.29 is 4.79 Å². The van der Waals surface area contributed by atoms with Gasteiger partial charge in [0.15, 0.2) is 5.78 Å². The Hall–Kier alpha value is -0.450. The van der Waals surface area contributed by atoms with Crippen LogP contribution in [0, 0.1) is 0 Å². The van der Waals surface area contributed by atoms with E-state index in [0.717, 1.165) is 0 Å². The third-order valence-electron chi connectivity index (χ3n) is 1.17. The number of likely N-dealkylation sites (N-methyl/N-ethyl adjacent to an activating group) is 1. The third kappa shape index (κ3) is 7.65. The second kappa shape index (κ2) is 6.11. The lowest BCUT2D eigenvalue weighted by Crippen LogP contribution is -2.42. The van der Waals surface area contributed by atoms with Crippen molar-refractivity contribution in [1.29, 1.82) is 0 Å². The van der Waals surface area contributed by atoms with Crippen molar-refractivity contribution in [2.24, 2.45) is 0 Å². The van der Waals surface area contributed by atoms with Crippen LogP contribution in [0.2, 0.25) is 0 Å². The third-order valence-corrected chi connectivity index (χ3v) is 1.17. The van der Waals surface area contributed by atoms with Gasteiger partial charge in [-0.3, -0.25) is 15.6 Å². The van der Waals surface area contributed by atoms with Crippen LogP contribution < -0.4 is 10.9 Å². The van der Waals surface area contributed by atoms with Crippen molar-refractivity contribution >= 4 is 5.78 Å². The fourth-order valence-corrected chi connectivity index (χ4v) is 0.762. The molecular weight excluding hydrogens is 154 g/mol. The largest absolute Gasteiger partial charge is 0.302 e. The van der Waals surface area contributed by atoms with Crippen LogP contribution in [-0.4, -0.2) is 43.9 Å². The molecule has 0 aliphatic carbocycles. The molecule has 0 heterocycles. The molecular formula is C8H19N3O. The lowest BCUT2D eigenvalue weighted by Gasteiger charge is -2.11. The van der Waals surface area contributed by atoms with Crippen molar-refractivity contribution in [1.82, 2.24) is 15.8 Å². The van der Waals surface area contributed by atoms with E-state index < -0.39 is 0 Å². The summed E-state index contributed by atoms with van der Waals surface area (Å²) in [6.45, 7) is 4.91. The van der Waals surface area contributed by atoms with Gasteiger partial charge < -0.3 is 4.90 Å². The monoisotopic (exact) mass is 173 g/mol. The van der Waals surface area contributed by atoms with Crippen LogP contribution in [0.3, 0.4) is 0 Å². The highest BCUT2D eigenvalue weighted by atomic mass is 16.1. The maximum atomic E-state index is 11.1. The lowest BCUT2D eigenvalue weighted by atomic mass is 10.4. The number of hydrazine groups is 1. The zero-order valence-corrected chi connectivity index (χ0v) is 8.35. The molecule has 72 valence electrons. The van der Waals surface area contributed by atoms with Crippen molar-refractivity contribution in [2.75, 3.05) is 27.2 Å². The molecule has 0 amide bonds. The summed E-state index contributed by atoms with van der Waals surface area (Å²) in [6.07, 6.45) is 0. The van der Waals surface area contributed by atoms with Gasteiger partial charge in [-0.25, -0.2) is 0 Å². The van der Waals surface area contributed by atoms with E-state index in [9.17, 15) is 4.79 Å². The number of hydrogen-bond donors (Lipinski definition) is 2. The molecule has 4 nitrogen and oxygen atoms in total. The van der Waals surface area contributed by atoms with Gasteiger partial charge in [0.1, 0.15) is 0 Å². The summed E-state index contributed by atoms with van der Waals surface area (Å²) in [5.74, 6) is 0.188. The van der Waals surface area contributed by atoms with Crippen LogP contribution >= 0.6 is 0 Å². The fourth-order valence-electron chi connectivity index (χ4n) is 0.762. The Kier molecular flexibility index (Phi) is 5.88. The van der Waals surface area contributed by atoms with Gasteiger partial charge in [0.05, 0.1) is 13.1 Å². The summed E-state index contributed by atoms with van der Waals surface area (Å²) in [6, 6.07) is 0.358. The number of nitrogens with one attached hydrogen (secondary N) is 2. The highest BCUT2D eigenvalue weighted by Gasteiger charge is 2.01. The number of ketones is 1. The number of hydrogen-bond acceptors (Lipinski definition) is 4. The van der Waals surface area contributed by atoms with Crippen molar-refractivity contribution in [3.05, 3.63) is 0 Å². The van der Waals surface area contributed by atoms with E-state index in [-0.39, 0.29) is 5.78 Å². The molecule has 0 bridgehead atoms. The molecule has 0 aromatic rings. The van der Waals surface area contributed by atoms with Crippen LogP contribution in [0.15, 0.2) is 0 Å². The van der Waals surface area contributed by atoms with Gasteiger partial charge in [0, 0.05) is 6.04 Å². The molecule has 0 aromatic carbocycles. The van der Waals surface area contributed by atoms with E-state index in [0.29, 0.717) is 19.1 Å². The molecule has 0 atom stereocenters. The molecule has 0 aliphatic heterocycles. The van der Waals surface area contributed by atoms with Gasteiger partial charge in [-0.05, 0) is 27.9 Å². The van der Waals surface area contributed by atoms with Gasteiger partial charge in [-0.2, -0.15) is 0 Å². The van der Waals surface area contributed by atoms with E-state index >= 15 is 0 Å². The Labute approximate surface area is 74.3 Å². The summed E-state index contributed by atoms with van der Waals surface area (Å²) in [7, 11) is 3.77. The first-order valence-corrected chi connectivity index (χ1v) is 4.17. The molecule has 0 unspecified atom stereocenters. The number of rotatable bonds is 6. The summed E-state index contributed by atoms with van der Waals surface area (Å²) >= 11 is 0. The van der Waals surface area contributed by atoms with E-state index in [1.54, 1.807) is 0 Å². The molecule has 0 spiro atoms. The number of carbonyl (C=O) groups is 1. The van der Waals surface area contributed by atoms with Gasteiger partial charge in [-0.15, -0.1) is 0 Å². The van der Waals surface area contributed by atoms with Crippen molar-refractivity contribution in [3.8, 4) is 0 Å². The molecule has 2 N–H and O–H groups in total. The summed E-state index contributed by atoms with van der Waals surface area (Å²) in [5.41, 5.74) is 5.82. The molecule has 0 fully saturated rings. The van der Waals surface area contributed by atoms with Crippen LogP contribution in [-0.2, 0) is 4.79 Å². The van der Waals surface area contributed by atoms with E-state index in [1.807, 2.05) is 32.8 Å². The fraction of sp³-hybridized carbons (Fsp3) is 0.875. The molecule has 4 heteroatoms. The summed E-state index contributed by atoms with van der Waals surface area (Å²) < 4.78 is 0. The second-order valence-corrected chi connectivity index (χ2v) is 3.43. The van der Waals surface area contributed by atoms with E-state index in [4.69, 9.17) is 0 Å². The predicted octanol–water partition coefficient (Wildman–Crippen LogP) is -0.380. The van der Waals surface area contributed by atoms with E-state index in [1.165, 1.54) is 0 Å². The smallest absolute Gasteiger partial charge is 0.161 e. The normalized spacial score (nSPS) is 11.2. The lowest BCUT2D eigenvalue weighted by molar-refractivity contribution is -0.119. The first-order valence-electron chi connectivity index (χ1n) is 4.17. The average molecular weight is 173 g/mol. The molecule has 12 heavy (non-hydrogen) atoms. The van der Waals surface area contributed by atoms with Crippen molar-refractivity contribution in [3.63, 3.8) is 0 Å². The van der Waals surface area contributed by atoms with E-state index in [2.05, 4.69) is 10.9 Å². The van der Waals surface area contributed by atoms with Crippen LogP contribution in [0.25, 0.3) is 0 Å². The Morgan fingerprint density at radius 1 is 1.42 bits per heavy atom. The van der Waals surface area contributed by atoms with Gasteiger partial charge >= 0.3 is 0 Å². The zero-order chi connectivity index (χ0) is 9.56. The topological polar surface area (TPSA) is 44.4 Å². The zero-order valence-electron chi connectivity index (χ0n) is 8.35. The molecule has 0 radical (unpaired) electrons. The van der Waals surface area contributed by atoms with Crippen LogP contribution in [0.1, 0.15) is 13.8 Å². The number of Topliss-reactive ketones (excluding diaryl/α,β-unsaturated/α-hetero) is 1. The van der Waals surface area contributed by atoms with Crippen LogP contribution in [0.5, 0.6) is 0 Å². The molecule has 0 saturated carbocycles. The second-order valence-electron chi connectivity index (χ2n) is 3.43. The SMILES string of the molecule is CC(C)NNCC(=O)CN(C)C. The standard InChI is InChI=1S/C8H19N3O/c1-7(2)10-9-5-8(12)6-11(3)4/h7,9-10H,5-6H2,1-4H3. The Bertz CT molecular complexity index is 134. The molecule has 0 aromatic heterocycles. The Morgan fingerprint density at radius 3 is 2.42 bits per heavy atom. The molecule has 0 aliphatic rings. The maximum absolute atomic E-state index is 11.1. The summed E-state index contributed by atoms with van der Waals surface area (Å²) in [5, 5.41) is 0. The molecule has 0 saturated heterocycles. The quantitative estimate of drug-likeness (QED) is 0.537. The highest BCUT2D eigenvalue weighted by molar-refractivity contribution is 5.82. The first kappa shape index (κ1) is 11.6. The highest BCUT2D eigenvalue weighted by Crippen LogP contribution is 1.76. The predicted molar refractivity (Wildman–Crippen MR) is 49.8 cm³/mol. The summed E-state index contributed by atoms with van der Waals surface area (Å²) in [4.78, 5) is 13.0. The minimum atomic E-state index is 0.188. The Morgan fingerprint density at radius 2 is 2.00 bits per heavy atom. The maximum Gasteiger partial charge on any atom is 0.161 e. The van der Waals surface area contributed by atoms with Crippen LogP contribution in [0.4, 0.5) is 0 Å².